The van der Waals surface area contributed by atoms with Crippen LogP contribution in [0.2, 0.25) is 0 Å². The van der Waals surface area contributed by atoms with Gasteiger partial charge in [-0.1, -0.05) is 0 Å². The second kappa shape index (κ2) is 4.49. The van der Waals surface area contributed by atoms with Crippen molar-refractivity contribution in [2.24, 2.45) is 0 Å². The van der Waals surface area contributed by atoms with Gasteiger partial charge in [-0.25, -0.2) is 0 Å². The van der Waals surface area contributed by atoms with Crippen LogP contribution in [-0.2, 0) is 9.53 Å². The number of hydrogen-bond donors (Lipinski definition) is 2. The number of amides is 1. The average molecular weight is 212 g/mol. The Hall–Kier alpha value is -0.610. The van der Waals surface area contributed by atoms with Crippen molar-refractivity contribution in [3.8, 4) is 0 Å². The predicted octanol–water partition coefficient (Wildman–Crippen LogP) is 0.424. The van der Waals surface area contributed by atoms with E-state index in [-0.39, 0.29) is 17.6 Å². The van der Waals surface area contributed by atoms with Gasteiger partial charge >= 0.3 is 0 Å². The van der Waals surface area contributed by atoms with E-state index in [0.717, 1.165) is 38.8 Å². The third-order valence-corrected chi connectivity index (χ3v) is 3.31. The number of hydrogen-bond acceptors (Lipinski definition) is 3. The maximum atomic E-state index is 11.7. The molecule has 2 aliphatic heterocycles. The van der Waals surface area contributed by atoms with Crippen LogP contribution in [0.5, 0.6) is 0 Å². The molecule has 2 heterocycles. The van der Waals surface area contributed by atoms with Gasteiger partial charge in [0.1, 0.15) is 0 Å². The fourth-order valence-corrected chi connectivity index (χ4v) is 2.28. The lowest BCUT2D eigenvalue weighted by Gasteiger charge is -2.24. The van der Waals surface area contributed by atoms with Crippen molar-refractivity contribution in [3.63, 3.8) is 0 Å². The van der Waals surface area contributed by atoms with Crippen molar-refractivity contribution in [1.82, 2.24) is 10.6 Å². The van der Waals surface area contributed by atoms with Crippen molar-refractivity contribution < 1.29 is 9.53 Å². The lowest BCUT2D eigenvalue weighted by Crippen LogP contribution is -2.46. The maximum absolute atomic E-state index is 11.7. The van der Waals surface area contributed by atoms with Gasteiger partial charge in [-0.05, 0) is 39.2 Å². The number of rotatable bonds is 3. The second-order valence-electron chi connectivity index (χ2n) is 4.77. The largest absolute Gasteiger partial charge is 0.373 e. The molecule has 0 aromatic carbocycles. The Morgan fingerprint density at radius 2 is 2.47 bits per heavy atom. The minimum absolute atomic E-state index is 0.0232. The molecule has 0 radical (unpaired) electrons. The third-order valence-electron chi connectivity index (χ3n) is 3.31. The summed E-state index contributed by atoms with van der Waals surface area (Å²) in [4.78, 5) is 11.7. The Morgan fingerprint density at radius 3 is 3.07 bits per heavy atom. The molecule has 4 nitrogen and oxygen atoms in total. The lowest BCUT2D eigenvalue weighted by molar-refractivity contribution is -0.124. The van der Waals surface area contributed by atoms with E-state index in [2.05, 4.69) is 17.6 Å². The third kappa shape index (κ3) is 2.69. The van der Waals surface area contributed by atoms with Crippen LogP contribution >= 0.6 is 0 Å². The zero-order chi connectivity index (χ0) is 10.7. The normalized spacial score (nSPS) is 35.7. The molecule has 0 aromatic heterocycles. The van der Waals surface area contributed by atoms with Gasteiger partial charge in [0.2, 0.25) is 5.91 Å². The molecule has 1 amide bonds. The molecule has 15 heavy (non-hydrogen) atoms. The summed E-state index contributed by atoms with van der Waals surface area (Å²) in [5.74, 6) is 0.129. The molecule has 2 N–H and O–H groups in total. The standard InChI is InChI=1S/C11H20N2O2/c1-11(5-3-7-15-11)8-13-10(14)9-4-2-6-12-9/h9,12H,2-8H2,1H3,(H,13,14)/t9-,11?/m1/s1. The summed E-state index contributed by atoms with van der Waals surface area (Å²) in [6.07, 6.45) is 4.22. The van der Waals surface area contributed by atoms with Gasteiger partial charge in [0.05, 0.1) is 11.6 Å². The zero-order valence-electron chi connectivity index (χ0n) is 9.34. The molecule has 2 aliphatic rings. The molecule has 0 bridgehead atoms. The molecule has 0 aromatic rings. The SMILES string of the molecule is CC1(CNC(=O)[C@H]2CCCN2)CCCO1. The van der Waals surface area contributed by atoms with E-state index in [1.54, 1.807) is 0 Å². The van der Waals surface area contributed by atoms with Crippen molar-refractivity contribution >= 4 is 5.91 Å². The molecular weight excluding hydrogens is 192 g/mol. The van der Waals surface area contributed by atoms with E-state index >= 15 is 0 Å². The van der Waals surface area contributed by atoms with Crippen LogP contribution in [-0.4, -0.2) is 37.2 Å². The summed E-state index contributed by atoms with van der Waals surface area (Å²) >= 11 is 0. The number of nitrogens with one attached hydrogen (secondary N) is 2. The number of ether oxygens (including phenoxy) is 1. The molecule has 2 atom stereocenters. The summed E-state index contributed by atoms with van der Waals surface area (Å²) in [6.45, 7) is 4.51. The predicted molar refractivity (Wildman–Crippen MR) is 57.6 cm³/mol. The molecule has 4 heteroatoms. The molecule has 0 spiro atoms. The van der Waals surface area contributed by atoms with Gasteiger partial charge in [-0.3, -0.25) is 4.79 Å². The van der Waals surface area contributed by atoms with E-state index in [4.69, 9.17) is 4.74 Å². The van der Waals surface area contributed by atoms with Crippen LogP contribution in [0.3, 0.4) is 0 Å². The molecule has 2 rings (SSSR count). The molecule has 0 aliphatic carbocycles. The van der Waals surface area contributed by atoms with E-state index < -0.39 is 0 Å². The van der Waals surface area contributed by atoms with Gasteiger partial charge < -0.3 is 15.4 Å². The lowest BCUT2D eigenvalue weighted by atomic mass is 10.0. The Balaban J connectivity index is 1.74. The molecule has 2 saturated heterocycles. The van der Waals surface area contributed by atoms with E-state index in [1.165, 1.54) is 0 Å². The van der Waals surface area contributed by atoms with Crippen LogP contribution in [0.15, 0.2) is 0 Å². The summed E-state index contributed by atoms with van der Waals surface area (Å²) in [7, 11) is 0. The van der Waals surface area contributed by atoms with Crippen molar-refractivity contribution in [1.29, 1.82) is 0 Å². The smallest absolute Gasteiger partial charge is 0.237 e. The van der Waals surface area contributed by atoms with E-state index in [9.17, 15) is 4.79 Å². The highest BCUT2D eigenvalue weighted by atomic mass is 16.5. The van der Waals surface area contributed by atoms with Gasteiger partial charge in [-0.15, -0.1) is 0 Å². The average Bonchev–Trinajstić information content (AvgIpc) is 2.85. The molecule has 86 valence electrons. The first-order valence-electron chi connectivity index (χ1n) is 5.85. The van der Waals surface area contributed by atoms with Gasteiger partial charge in [0.25, 0.3) is 0 Å². The first-order chi connectivity index (χ1) is 7.20. The van der Waals surface area contributed by atoms with Gasteiger partial charge in [-0.2, -0.15) is 0 Å². The summed E-state index contributed by atoms with van der Waals surface area (Å²) in [5.41, 5.74) is -0.131. The first-order valence-corrected chi connectivity index (χ1v) is 5.85. The Labute approximate surface area is 90.8 Å². The van der Waals surface area contributed by atoms with Crippen LogP contribution in [0.25, 0.3) is 0 Å². The molecular formula is C11H20N2O2. The molecule has 1 unspecified atom stereocenters. The highest BCUT2D eigenvalue weighted by molar-refractivity contribution is 5.82. The summed E-state index contributed by atoms with van der Waals surface area (Å²) in [6, 6.07) is 0.0232. The maximum Gasteiger partial charge on any atom is 0.237 e. The monoisotopic (exact) mass is 212 g/mol. The second-order valence-corrected chi connectivity index (χ2v) is 4.77. The van der Waals surface area contributed by atoms with Crippen LogP contribution in [0, 0.1) is 0 Å². The van der Waals surface area contributed by atoms with Crippen LogP contribution < -0.4 is 10.6 Å². The van der Waals surface area contributed by atoms with Gasteiger partial charge in [0.15, 0.2) is 0 Å². The minimum Gasteiger partial charge on any atom is -0.373 e. The highest BCUT2D eigenvalue weighted by Gasteiger charge is 2.31. The fraction of sp³-hybridized carbons (Fsp3) is 0.909. The summed E-state index contributed by atoms with van der Waals surface area (Å²) in [5, 5.41) is 6.17. The number of carbonyl (C=O) groups is 1. The fourth-order valence-electron chi connectivity index (χ4n) is 2.28. The Morgan fingerprint density at radius 1 is 1.60 bits per heavy atom. The van der Waals surface area contributed by atoms with Crippen LogP contribution in [0.1, 0.15) is 32.6 Å². The number of carbonyl (C=O) groups excluding carboxylic acids is 1. The van der Waals surface area contributed by atoms with Crippen molar-refractivity contribution in [2.45, 2.75) is 44.2 Å². The summed E-state index contributed by atoms with van der Waals surface area (Å²) < 4.78 is 5.62. The van der Waals surface area contributed by atoms with E-state index in [0.29, 0.717) is 6.54 Å². The van der Waals surface area contributed by atoms with Gasteiger partial charge in [0, 0.05) is 13.2 Å². The molecule has 0 saturated carbocycles. The van der Waals surface area contributed by atoms with Crippen molar-refractivity contribution in [3.05, 3.63) is 0 Å². The van der Waals surface area contributed by atoms with E-state index in [1.807, 2.05) is 0 Å². The first kappa shape index (κ1) is 10.9. The Bertz CT molecular complexity index is 231. The topological polar surface area (TPSA) is 50.4 Å². The zero-order valence-corrected chi connectivity index (χ0v) is 9.34. The highest BCUT2D eigenvalue weighted by Crippen LogP contribution is 2.23. The Kier molecular flexibility index (Phi) is 3.26. The molecule has 2 fully saturated rings. The minimum atomic E-state index is -0.131. The quantitative estimate of drug-likeness (QED) is 0.713. The van der Waals surface area contributed by atoms with Crippen molar-refractivity contribution in [2.75, 3.05) is 19.7 Å². The van der Waals surface area contributed by atoms with Crippen LogP contribution in [0.4, 0.5) is 0 Å².